The highest BCUT2D eigenvalue weighted by Gasteiger charge is 2.44. The first kappa shape index (κ1) is 18.7. The zero-order valence-electron chi connectivity index (χ0n) is 16.4. The second kappa shape index (κ2) is 7.09. The van der Waals surface area contributed by atoms with E-state index in [0.717, 1.165) is 36.6 Å². The minimum atomic E-state index is -0.434. The van der Waals surface area contributed by atoms with Crippen molar-refractivity contribution in [3.05, 3.63) is 23.9 Å². The summed E-state index contributed by atoms with van der Waals surface area (Å²) in [5.74, 6) is 0.0692. The molecule has 2 fully saturated rings. The summed E-state index contributed by atoms with van der Waals surface area (Å²) in [7, 11) is 4.76. The fourth-order valence-corrected chi connectivity index (χ4v) is 4.37. The average Bonchev–Trinajstić information content (AvgIpc) is 3.14. The molecule has 0 N–H and O–H groups in total. The normalized spacial score (nSPS) is 25.3. The molecule has 0 radical (unpaired) electrons. The SMILES string of the molecule is COC(=O)c1cc2cn(C3CCC4(CC3)COCC(=O)N4C)nc2cc1OC. The number of amides is 1. The van der Waals surface area contributed by atoms with Gasteiger partial charge in [-0.25, -0.2) is 4.79 Å². The van der Waals surface area contributed by atoms with Gasteiger partial charge in [-0.1, -0.05) is 0 Å². The van der Waals surface area contributed by atoms with E-state index in [4.69, 9.17) is 19.3 Å². The van der Waals surface area contributed by atoms with Gasteiger partial charge >= 0.3 is 5.97 Å². The number of likely N-dealkylation sites (N-methyl/N-ethyl adjacent to an activating group) is 1. The van der Waals surface area contributed by atoms with Crippen molar-refractivity contribution in [3.63, 3.8) is 0 Å². The van der Waals surface area contributed by atoms with Crippen molar-refractivity contribution in [2.75, 3.05) is 34.5 Å². The molecule has 2 aromatic rings. The number of nitrogens with zero attached hydrogens (tertiary/aromatic N) is 3. The van der Waals surface area contributed by atoms with Crippen LogP contribution in [0.4, 0.5) is 0 Å². The van der Waals surface area contributed by atoms with Gasteiger partial charge < -0.3 is 19.1 Å². The third-order valence-electron chi connectivity index (χ3n) is 6.19. The number of hydrogen-bond donors (Lipinski definition) is 0. The summed E-state index contributed by atoms with van der Waals surface area (Å²) in [6.07, 6.45) is 5.56. The van der Waals surface area contributed by atoms with Gasteiger partial charge in [-0.05, 0) is 31.7 Å². The Balaban J connectivity index is 1.57. The van der Waals surface area contributed by atoms with E-state index in [1.165, 1.54) is 14.2 Å². The Labute approximate surface area is 163 Å². The third-order valence-corrected chi connectivity index (χ3v) is 6.19. The van der Waals surface area contributed by atoms with Crippen LogP contribution < -0.4 is 4.74 Å². The van der Waals surface area contributed by atoms with Crippen LogP contribution in [0.3, 0.4) is 0 Å². The Hall–Kier alpha value is -2.61. The van der Waals surface area contributed by atoms with Crippen LogP contribution in [0.15, 0.2) is 18.3 Å². The number of fused-ring (bicyclic) bond motifs is 1. The van der Waals surface area contributed by atoms with Crippen LogP contribution in [-0.4, -0.2) is 66.6 Å². The predicted octanol–water partition coefficient (Wildman–Crippen LogP) is 2.17. The van der Waals surface area contributed by atoms with Crippen LogP contribution in [-0.2, 0) is 14.3 Å². The van der Waals surface area contributed by atoms with Crippen LogP contribution in [0.25, 0.3) is 10.9 Å². The summed E-state index contributed by atoms with van der Waals surface area (Å²) in [5.41, 5.74) is 0.969. The molecule has 2 aliphatic rings. The number of hydrogen-bond acceptors (Lipinski definition) is 6. The van der Waals surface area contributed by atoms with E-state index in [-0.39, 0.29) is 24.1 Å². The maximum atomic E-state index is 12.0. The van der Waals surface area contributed by atoms with Crippen molar-refractivity contribution in [1.29, 1.82) is 0 Å². The molecule has 8 heteroatoms. The van der Waals surface area contributed by atoms with Gasteiger partial charge in [-0.15, -0.1) is 0 Å². The van der Waals surface area contributed by atoms with Crippen molar-refractivity contribution in [1.82, 2.24) is 14.7 Å². The lowest BCUT2D eigenvalue weighted by atomic mass is 9.78. The van der Waals surface area contributed by atoms with E-state index in [2.05, 4.69) is 0 Å². The van der Waals surface area contributed by atoms with Gasteiger partial charge in [0.1, 0.15) is 17.9 Å². The van der Waals surface area contributed by atoms with Gasteiger partial charge in [0.25, 0.3) is 0 Å². The third kappa shape index (κ3) is 3.01. The van der Waals surface area contributed by atoms with E-state index in [1.54, 1.807) is 12.1 Å². The number of carbonyl (C=O) groups is 2. The monoisotopic (exact) mass is 387 g/mol. The quantitative estimate of drug-likeness (QED) is 0.751. The standard InChI is InChI=1S/C20H25N3O5/c1-22-18(24)11-28-12-20(22)6-4-14(5-7-20)23-10-13-8-15(19(25)27-3)17(26-2)9-16(13)21-23/h8-10,14H,4-7,11-12H2,1-3H3. The van der Waals surface area contributed by atoms with E-state index < -0.39 is 5.97 Å². The van der Waals surface area contributed by atoms with E-state index in [1.807, 2.05) is 22.8 Å². The number of esters is 1. The minimum Gasteiger partial charge on any atom is -0.496 e. The molecular weight excluding hydrogens is 362 g/mol. The van der Waals surface area contributed by atoms with Crippen LogP contribution in [0, 0.1) is 0 Å². The van der Waals surface area contributed by atoms with Gasteiger partial charge in [0.05, 0.1) is 37.9 Å². The highest BCUT2D eigenvalue weighted by atomic mass is 16.5. The molecule has 0 unspecified atom stereocenters. The smallest absolute Gasteiger partial charge is 0.341 e. The lowest BCUT2D eigenvalue weighted by molar-refractivity contribution is -0.158. The molecule has 1 saturated carbocycles. The molecule has 4 rings (SSSR count). The number of carbonyl (C=O) groups excluding carboxylic acids is 2. The van der Waals surface area contributed by atoms with Crippen molar-refractivity contribution in [3.8, 4) is 5.75 Å². The second-order valence-corrected chi connectivity index (χ2v) is 7.61. The van der Waals surface area contributed by atoms with Gasteiger partial charge in [0.15, 0.2) is 0 Å². The highest BCUT2D eigenvalue weighted by Crippen LogP contribution is 2.40. The van der Waals surface area contributed by atoms with Gasteiger partial charge in [-0.3, -0.25) is 9.48 Å². The molecule has 1 saturated heterocycles. The van der Waals surface area contributed by atoms with Crippen molar-refractivity contribution < 1.29 is 23.8 Å². The Bertz CT molecular complexity index is 914. The number of benzene rings is 1. The number of ether oxygens (including phenoxy) is 3. The van der Waals surface area contributed by atoms with Crippen molar-refractivity contribution in [2.45, 2.75) is 37.3 Å². The molecule has 1 aromatic carbocycles. The second-order valence-electron chi connectivity index (χ2n) is 7.61. The van der Waals surface area contributed by atoms with E-state index >= 15 is 0 Å². The molecule has 1 aromatic heterocycles. The van der Waals surface area contributed by atoms with Crippen LogP contribution in [0.5, 0.6) is 5.75 Å². The number of rotatable bonds is 3. The fraction of sp³-hybridized carbons (Fsp3) is 0.550. The van der Waals surface area contributed by atoms with Crippen LogP contribution in [0.2, 0.25) is 0 Å². The molecule has 1 aliphatic carbocycles. The molecule has 2 heterocycles. The van der Waals surface area contributed by atoms with E-state index in [0.29, 0.717) is 17.9 Å². The zero-order valence-corrected chi connectivity index (χ0v) is 16.4. The molecule has 28 heavy (non-hydrogen) atoms. The molecule has 8 nitrogen and oxygen atoms in total. The molecule has 0 bridgehead atoms. The molecule has 1 aliphatic heterocycles. The molecule has 1 amide bonds. The zero-order chi connectivity index (χ0) is 19.9. The Morgan fingerprint density at radius 1 is 1.29 bits per heavy atom. The van der Waals surface area contributed by atoms with Crippen molar-refractivity contribution >= 4 is 22.8 Å². The van der Waals surface area contributed by atoms with Gasteiger partial charge in [0, 0.05) is 24.7 Å². The highest BCUT2D eigenvalue weighted by molar-refractivity contribution is 5.97. The molecule has 1 spiro atoms. The summed E-state index contributed by atoms with van der Waals surface area (Å²) >= 11 is 0. The summed E-state index contributed by atoms with van der Waals surface area (Å²) in [4.78, 5) is 25.9. The van der Waals surface area contributed by atoms with Crippen molar-refractivity contribution in [2.24, 2.45) is 0 Å². The largest absolute Gasteiger partial charge is 0.496 e. The first-order valence-electron chi connectivity index (χ1n) is 9.47. The maximum absolute atomic E-state index is 12.0. The summed E-state index contributed by atoms with van der Waals surface area (Å²) in [6.45, 7) is 0.777. The number of methoxy groups -OCH3 is 2. The first-order valence-corrected chi connectivity index (χ1v) is 9.47. The summed E-state index contributed by atoms with van der Waals surface area (Å²) < 4.78 is 17.7. The molecular formula is C20H25N3O5. The summed E-state index contributed by atoms with van der Waals surface area (Å²) in [6, 6.07) is 3.77. The molecule has 0 atom stereocenters. The average molecular weight is 387 g/mol. The topological polar surface area (TPSA) is 82.9 Å². The van der Waals surface area contributed by atoms with Gasteiger partial charge in [0.2, 0.25) is 5.91 Å². The van der Waals surface area contributed by atoms with E-state index in [9.17, 15) is 9.59 Å². The molecule has 150 valence electrons. The Morgan fingerprint density at radius 3 is 2.71 bits per heavy atom. The maximum Gasteiger partial charge on any atom is 0.341 e. The number of aromatic nitrogens is 2. The van der Waals surface area contributed by atoms with Crippen LogP contribution in [0.1, 0.15) is 42.1 Å². The fourth-order valence-electron chi connectivity index (χ4n) is 4.37. The predicted molar refractivity (Wildman–Crippen MR) is 101 cm³/mol. The summed E-state index contributed by atoms with van der Waals surface area (Å²) in [5, 5.41) is 5.58. The van der Waals surface area contributed by atoms with Gasteiger partial charge in [-0.2, -0.15) is 5.10 Å². The Kier molecular flexibility index (Phi) is 4.74. The number of morpholine rings is 1. The first-order chi connectivity index (χ1) is 13.5. The Morgan fingerprint density at radius 2 is 2.04 bits per heavy atom. The minimum absolute atomic E-state index is 0.0527. The lowest BCUT2D eigenvalue weighted by Gasteiger charge is -2.48. The van der Waals surface area contributed by atoms with Crippen LogP contribution >= 0.6 is 0 Å². The lowest BCUT2D eigenvalue weighted by Crippen LogP contribution is -2.59.